The van der Waals surface area contributed by atoms with Crippen LogP contribution in [0.1, 0.15) is 0 Å². The molecule has 15 heavy (non-hydrogen) atoms. The maximum absolute atomic E-state index is 12.9. The monoisotopic (exact) mass is 223 g/mol. The molecule has 1 aromatic carbocycles. The van der Waals surface area contributed by atoms with Crippen LogP contribution in [0.15, 0.2) is 36.5 Å². The zero-order valence-corrected chi connectivity index (χ0v) is 8.37. The van der Waals surface area contributed by atoms with E-state index in [2.05, 4.69) is 4.98 Å². The third kappa shape index (κ3) is 1.92. The topological polar surface area (TPSA) is 33.1 Å². The van der Waals surface area contributed by atoms with Crippen molar-refractivity contribution in [2.75, 3.05) is 0 Å². The van der Waals surface area contributed by atoms with Crippen LogP contribution in [0, 0.1) is 5.82 Å². The van der Waals surface area contributed by atoms with Crippen LogP contribution in [0.3, 0.4) is 0 Å². The molecule has 0 amide bonds. The molecule has 0 spiro atoms. The van der Waals surface area contributed by atoms with Crippen LogP contribution in [-0.2, 0) is 0 Å². The summed E-state index contributed by atoms with van der Waals surface area (Å²) in [6, 6.07) is 7.32. The Morgan fingerprint density at radius 2 is 2.07 bits per heavy atom. The van der Waals surface area contributed by atoms with E-state index in [0.29, 0.717) is 11.3 Å². The van der Waals surface area contributed by atoms with Crippen LogP contribution < -0.4 is 0 Å². The number of halogens is 2. The number of hydrogen-bond acceptors (Lipinski definition) is 2. The molecule has 4 heteroatoms. The van der Waals surface area contributed by atoms with E-state index in [4.69, 9.17) is 11.6 Å². The number of rotatable bonds is 1. The standard InChI is InChI=1S/C11H7ClFNO/c12-8-6-7(3-4-9(8)13)11-10(15)2-1-5-14-11/h1-6,15H. The SMILES string of the molecule is Oc1cccnc1-c1ccc(F)c(Cl)c1. The van der Waals surface area contributed by atoms with Gasteiger partial charge in [-0.25, -0.2) is 4.39 Å². The summed E-state index contributed by atoms with van der Waals surface area (Å²) < 4.78 is 12.9. The minimum atomic E-state index is -0.490. The van der Waals surface area contributed by atoms with Gasteiger partial charge in [0.15, 0.2) is 0 Å². The Morgan fingerprint density at radius 1 is 1.27 bits per heavy atom. The Morgan fingerprint density at radius 3 is 2.73 bits per heavy atom. The summed E-state index contributed by atoms with van der Waals surface area (Å²) in [7, 11) is 0. The third-order valence-electron chi connectivity index (χ3n) is 1.98. The van der Waals surface area contributed by atoms with Crippen molar-refractivity contribution in [2.24, 2.45) is 0 Å². The third-order valence-corrected chi connectivity index (χ3v) is 2.27. The molecule has 0 saturated carbocycles. The largest absolute Gasteiger partial charge is 0.506 e. The number of benzene rings is 1. The van der Waals surface area contributed by atoms with Gasteiger partial charge in [-0.15, -0.1) is 0 Å². The predicted molar refractivity (Wildman–Crippen MR) is 56.3 cm³/mol. The normalized spacial score (nSPS) is 10.3. The van der Waals surface area contributed by atoms with Crippen LogP contribution in [0.5, 0.6) is 5.75 Å². The van der Waals surface area contributed by atoms with E-state index in [0.717, 1.165) is 0 Å². The first-order valence-electron chi connectivity index (χ1n) is 4.28. The summed E-state index contributed by atoms with van der Waals surface area (Å²) in [4.78, 5) is 3.99. The molecule has 0 bridgehead atoms. The van der Waals surface area contributed by atoms with Gasteiger partial charge in [-0.05, 0) is 30.3 Å². The fourth-order valence-electron chi connectivity index (χ4n) is 1.26. The highest BCUT2D eigenvalue weighted by molar-refractivity contribution is 6.31. The lowest BCUT2D eigenvalue weighted by atomic mass is 10.1. The highest BCUT2D eigenvalue weighted by atomic mass is 35.5. The average Bonchev–Trinajstić information content (AvgIpc) is 2.23. The Hall–Kier alpha value is -1.61. The molecule has 0 saturated heterocycles. The molecule has 0 unspecified atom stereocenters. The van der Waals surface area contributed by atoms with E-state index in [-0.39, 0.29) is 10.8 Å². The van der Waals surface area contributed by atoms with Gasteiger partial charge in [0.05, 0.1) is 5.02 Å². The molecule has 0 aliphatic heterocycles. The fraction of sp³-hybridized carbons (Fsp3) is 0. The summed E-state index contributed by atoms with van der Waals surface area (Å²) in [6.07, 6.45) is 1.55. The average molecular weight is 224 g/mol. The number of aromatic hydroxyl groups is 1. The summed E-state index contributed by atoms with van der Waals surface area (Å²) in [6.45, 7) is 0. The lowest BCUT2D eigenvalue weighted by Crippen LogP contribution is -1.85. The van der Waals surface area contributed by atoms with Gasteiger partial charge in [0, 0.05) is 11.8 Å². The maximum Gasteiger partial charge on any atom is 0.141 e. The van der Waals surface area contributed by atoms with Crippen molar-refractivity contribution in [1.29, 1.82) is 0 Å². The molecule has 0 fully saturated rings. The van der Waals surface area contributed by atoms with Crippen LogP contribution >= 0.6 is 11.6 Å². The smallest absolute Gasteiger partial charge is 0.141 e. The summed E-state index contributed by atoms with van der Waals surface area (Å²) in [5, 5.41) is 9.54. The number of hydrogen-bond donors (Lipinski definition) is 1. The lowest BCUT2D eigenvalue weighted by molar-refractivity contribution is 0.475. The van der Waals surface area contributed by atoms with Gasteiger partial charge in [-0.3, -0.25) is 4.98 Å². The van der Waals surface area contributed by atoms with E-state index in [1.165, 1.54) is 24.3 Å². The highest BCUT2D eigenvalue weighted by Gasteiger charge is 2.07. The molecular formula is C11H7ClFNO. The Kier molecular flexibility index (Phi) is 2.56. The van der Waals surface area contributed by atoms with Crippen molar-refractivity contribution in [1.82, 2.24) is 4.98 Å². The quantitative estimate of drug-likeness (QED) is 0.805. The fourth-order valence-corrected chi connectivity index (χ4v) is 1.44. The Bertz CT molecular complexity index is 502. The Labute approximate surface area is 91.0 Å². The predicted octanol–water partition coefficient (Wildman–Crippen LogP) is 3.25. The van der Waals surface area contributed by atoms with Gasteiger partial charge in [0.2, 0.25) is 0 Å². The molecule has 2 aromatic rings. The Balaban J connectivity index is 2.55. The second kappa shape index (κ2) is 3.87. The second-order valence-electron chi connectivity index (χ2n) is 3.00. The first-order valence-corrected chi connectivity index (χ1v) is 4.65. The van der Waals surface area contributed by atoms with Crippen molar-refractivity contribution in [3.05, 3.63) is 47.4 Å². The number of pyridine rings is 1. The number of nitrogens with zero attached hydrogens (tertiary/aromatic N) is 1. The first kappa shape index (κ1) is 9.93. The van der Waals surface area contributed by atoms with Crippen LogP contribution in [-0.4, -0.2) is 10.1 Å². The van der Waals surface area contributed by atoms with Gasteiger partial charge >= 0.3 is 0 Å². The van der Waals surface area contributed by atoms with Crippen molar-refractivity contribution in [3.63, 3.8) is 0 Å². The molecule has 0 radical (unpaired) electrons. The van der Waals surface area contributed by atoms with Gasteiger partial charge < -0.3 is 5.11 Å². The van der Waals surface area contributed by atoms with Crippen LogP contribution in [0.2, 0.25) is 5.02 Å². The zero-order valence-electron chi connectivity index (χ0n) is 7.61. The molecule has 1 heterocycles. The van der Waals surface area contributed by atoms with E-state index < -0.39 is 5.82 Å². The summed E-state index contributed by atoms with van der Waals surface area (Å²) in [5.74, 6) is -0.448. The molecule has 76 valence electrons. The first-order chi connectivity index (χ1) is 7.18. The van der Waals surface area contributed by atoms with Crippen molar-refractivity contribution < 1.29 is 9.50 Å². The van der Waals surface area contributed by atoms with Crippen molar-refractivity contribution >= 4 is 11.6 Å². The maximum atomic E-state index is 12.9. The van der Waals surface area contributed by atoms with E-state index in [1.54, 1.807) is 12.3 Å². The summed E-state index contributed by atoms with van der Waals surface area (Å²) in [5.41, 5.74) is 0.971. The second-order valence-corrected chi connectivity index (χ2v) is 3.41. The van der Waals surface area contributed by atoms with Crippen molar-refractivity contribution in [3.8, 4) is 17.0 Å². The molecule has 1 aromatic heterocycles. The minimum Gasteiger partial charge on any atom is -0.506 e. The minimum absolute atomic E-state index is 0.0116. The number of aromatic nitrogens is 1. The molecule has 0 atom stereocenters. The van der Waals surface area contributed by atoms with Gasteiger partial charge in [-0.2, -0.15) is 0 Å². The van der Waals surface area contributed by atoms with Gasteiger partial charge in [0.25, 0.3) is 0 Å². The molecule has 0 aliphatic rings. The highest BCUT2D eigenvalue weighted by Crippen LogP contribution is 2.28. The zero-order chi connectivity index (χ0) is 10.8. The summed E-state index contributed by atoms with van der Waals surface area (Å²) >= 11 is 5.63. The van der Waals surface area contributed by atoms with E-state index in [1.807, 2.05) is 0 Å². The van der Waals surface area contributed by atoms with E-state index in [9.17, 15) is 9.50 Å². The molecule has 2 nitrogen and oxygen atoms in total. The van der Waals surface area contributed by atoms with Crippen LogP contribution in [0.4, 0.5) is 4.39 Å². The van der Waals surface area contributed by atoms with Crippen LogP contribution in [0.25, 0.3) is 11.3 Å². The molecule has 0 aliphatic carbocycles. The van der Waals surface area contributed by atoms with Crippen molar-refractivity contribution in [2.45, 2.75) is 0 Å². The molecular weight excluding hydrogens is 217 g/mol. The lowest BCUT2D eigenvalue weighted by Gasteiger charge is -2.03. The van der Waals surface area contributed by atoms with Gasteiger partial charge in [0.1, 0.15) is 17.3 Å². The molecule has 2 rings (SSSR count). The van der Waals surface area contributed by atoms with Gasteiger partial charge in [-0.1, -0.05) is 11.6 Å². The van der Waals surface area contributed by atoms with E-state index >= 15 is 0 Å². The molecule has 1 N–H and O–H groups in total.